The van der Waals surface area contributed by atoms with E-state index in [9.17, 15) is 4.79 Å². The molecule has 0 amide bonds. The molecule has 0 atom stereocenters. The van der Waals surface area contributed by atoms with Crippen LogP contribution in [0, 0.1) is 0 Å². The second kappa shape index (κ2) is 5.44. The minimum Gasteiger partial charge on any atom is -0.459 e. The summed E-state index contributed by atoms with van der Waals surface area (Å²) < 4.78 is 5.41. The molecule has 21 heavy (non-hydrogen) atoms. The van der Waals surface area contributed by atoms with Crippen molar-refractivity contribution in [3.63, 3.8) is 0 Å². The number of nitrogens with one attached hydrogen (secondary N) is 1. The summed E-state index contributed by atoms with van der Waals surface area (Å²) in [5, 5.41) is 0.891. The predicted octanol–water partition coefficient (Wildman–Crippen LogP) is 4.40. The average molecular weight is 279 g/mol. The highest BCUT2D eigenvalue weighted by Gasteiger charge is 2.21. The molecule has 0 fully saturated rings. The van der Waals surface area contributed by atoms with Crippen LogP contribution in [0.5, 0.6) is 0 Å². The van der Waals surface area contributed by atoms with E-state index in [2.05, 4.69) is 4.98 Å². The molecule has 1 heterocycles. The first-order valence-electron chi connectivity index (χ1n) is 7.04. The Morgan fingerprint density at radius 1 is 1.00 bits per heavy atom. The molecule has 106 valence electrons. The summed E-state index contributed by atoms with van der Waals surface area (Å²) in [4.78, 5) is 15.8. The summed E-state index contributed by atoms with van der Waals surface area (Å²) in [6, 6.07) is 17.6. The SMILES string of the molecule is CC(C)OC(=O)c1c(-c2ccccc2)[nH]c2ccccc12. The number of aromatic amines is 1. The molecule has 2 aromatic carbocycles. The van der Waals surface area contributed by atoms with E-state index in [0.717, 1.165) is 22.2 Å². The van der Waals surface area contributed by atoms with Crippen LogP contribution in [-0.2, 0) is 4.74 Å². The predicted molar refractivity (Wildman–Crippen MR) is 84.3 cm³/mol. The highest BCUT2D eigenvalue weighted by molar-refractivity contribution is 6.10. The minimum absolute atomic E-state index is 0.144. The van der Waals surface area contributed by atoms with Gasteiger partial charge in [-0.2, -0.15) is 0 Å². The molecule has 0 radical (unpaired) electrons. The van der Waals surface area contributed by atoms with Crippen molar-refractivity contribution in [3.05, 3.63) is 60.2 Å². The number of ether oxygens (including phenoxy) is 1. The first-order chi connectivity index (χ1) is 10.2. The minimum atomic E-state index is -0.290. The van der Waals surface area contributed by atoms with Gasteiger partial charge in [-0.05, 0) is 25.5 Å². The molecule has 0 aliphatic rings. The van der Waals surface area contributed by atoms with Gasteiger partial charge in [0.15, 0.2) is 0 Å². The maximum Gasteiger partial charge on any atom is 0.341 e. The Bertz CT molecular complexity index is 772. The van der Waals surface area contributed by atoms with Gasteiger partial charge in [-0.1, -0.05) is 48.5 Å². The van der Waals surface area contributed by atoms with Crippen molar-refractivity contribution in [1.82, 2.24) is 4.98 Å². The van der Waals surface area contributed by atoms with Crippen LogP contribution >= 0.6 is 0 Å². The van der Waals surface area contributed by atoms with Gasteiger partial charge in [-0.3, -0.25) is 0 Å². The first kappa shape index (κ1) is 13.4. The first-order valence-corrected chi connectivity index (χ1v) is 7.04. The number of carbonyl (C=O) groups is 1. The number of aromatic nitrogens is 1. The number of hydrogen-bond acceptors (Lipinski definition) is 2. The molecular formula is C18H17NO2. The van der Waals surface area contributed by atoms with E-state index in [1.165, 1.54) is 0 Å². The molecular weight excluding hydrogens is 262 g/mol. The van der Waals surface area contributed by atoms with Gasteiger partial charge in [0.05, 0.1) is 17.4 Å². The standard InChI is InChI=1S/C18H17NO2/c1-12(2)21-18(20)16-14-10-6-7-11-15(14)19-17(16)13-8-4-3-5-9-13/h3-12,19H,1-2H3. The van der Waals surface area contributed by atoms with Crippen LogP contribution in [0.15, 0.2) is 54.6 Å². The third-order valence-corrected chi connectivity index (χ3v) is 3.32. The number of H-pyrrole nitrogens is 1. The number of benzene rings is 2. The van der Waals surface area contributed by atoms with Crippen molar-refractivity contribution in [3.8, 4) is 11.3 Å². The van der Waals surface area contributed by atoms with Crippen molar-refractivity contribution >= 4 is 16.9 Å². The molecule has 0 unspecified atom stereocenters. The van der Waals surface area contributed by atoms with E-state index in [1.54, 1.807) is 0 Å². The van der Waals surface area contributed by atoms with E-state index in [1.807, 2.05) is 68.4 Å². The van der Waals surface area contributed by atoms with E-state index in [-0.39, 0.29) is 12.1 Å². The summed E-state index contributed by atoms with van der Waals surface area (Å²) in [6.07, 6.45) is -0.144. The summed E-state index contributed by atoms with van der Waals surface area (Å²) in [6.45, 7) is 3.71. The number of rotatable bonds is 3. The zero-order valence-electron chi connectivity index (χ0n) is 12.1. The zero-order valence-corrected chi connectivity index (χ0v) is 12.1. The number of carbonyl (C=O) groups excluding carboxylic acids is 1. The van der Waals surface area contributed by atoms with Gasteiger partial charge in [0.2, 0.25) is 0 Å². The summed E-state index contributed by atoms with van der Waals surface area (Å²) in [5.74, 6) is -0.290. The molecule has 0 saturated heterocycles. The van der Waals surface area contributed by atoms with Crippen LogP contribution in [0.25, 0.3) is 22.2 Å². The normalized spacial score (nSPS) is 11.0. The summed E-state index contributed by atoms with van der Waals surface area (Å²) >= 11 is 0. The van der Waals surface area contributed by atoms with Gasteiger partial charge >= 0.3 is 5.97 Å². The second-order valence-corrected chi connectivity index (χ2v) is 5.24. The van der Waals surface area contributed by atoms with Crippen molar-refractivity contribution in [2.24, 2.45) is 0 Å². The van der Waals surface area contributed by atoms with Gasteiger partial charge in [0.25, 0.3) is 0 Å². The average Bonchev–Trinajstić information content (AvgIpc) is 2.87. The van der Waals surface area contributed by atoms with Crippen molar-refractivity contribution in [2.45, 2.75) is 20.0 Å². The number of para-hydroxylation sites is 1. The lowest BCUT2D eigenvalue weighted by molar-refractivity contribution is 0.0381. The Morgan fingerprint density at radius 2 is 1.67 bits per heavy atom. The zero-order chi connectivity index (χ0) is 14.8. The fourth-order valence-corrected chi connectivity index (χ4v) is 2.45. The fraction of sp³-hybridized carbons (Fsp3) is 0.167. The monoisotopic (exact) mass is 279 g/mol. The van der Waals surface area contributed by atoms with E-state index in [4.69, 9.17) is 4.74 Å². The third kappa shape index (κ3) is 2.55. The third-order valence-electron chi connectivity index (χ3n) is 3.32. The summed E-state index contributed by atoms with van der Waals surface area (Å²) in [5.41, 5.74) is 3.32. The van der Waals surface area contributed by atoms with Crippen molar-refractivity contribution < 1.29 is 9.53 Å². The van der Waals surface area contributed by atoms with Gasteiger partial charge in [0, 0.05) is 10.9 Å². The van der Waals surface area contributed by atoms with E-state index >= 15 is 0 Å². The Kier molecular flexibility index (Phi) is 3.48. The van der Waals surface area contributed by atoms with Gasteiger partial charge in [-0.25, -0.2) is 4.79 Å². The molecule has 1 aromatic heterocycles. The number of fused-ring (bicyclic) bond motifs is 1. The lowest BCUT2D eigenvalue weighted by Crippen LogP contribution is -2.12. The Hall–Kier alpha value is -2.55. The molecule has 0 aliphatic heterocycles. The molecule has 0 spiro atoms. The highest BCUT2D eigenvalue weighted by Crippen LogP contribution is 2.31. The fourth-order valence-electron chi connectivity index (χ4n) is 2.45. The number of esters is 1. The molecule has 1 N–H and O–H groups in total. The molecule has 3 heteroatoms. The topological polar surface area (TPSA) is 42.1 Å². The van der Waals surface area contributed by atoms with E-state index in [0.29, 0.717) is 5.56 Å². The molecule has 0 bridgehead atoms. The highest BCUT2D eigenvalue weighted by atomic mass is 16.5. The molecule has 0 aliphatic carbocycles. The van der Waals surface area contributed by atoms with E-state index < -0.39 is 0 Å². The number of hydrogen-bond donors (Lipinski definition) is 1. The molecule has 3 aromatic rings. The Labute approximate surface area is 123 Å². The van der Waals surface area contributed by atoms with Crippen LogP contribution in [0.2, 0.25) is 0 Å². The van der Waals surface area contributed by atoms with Gasteiger partial charge in [-0.15, -0.1) is 0 Å². The molecule has 0 saturated carbocycles. The van der Waals surface area contributed by atoms with Gasteiger partial charge < -0.3 is 9.72 Å². The molecule has 3 rings (SSSR count). The van der Waals surface area contributed by atoms with Crippen LogP contribution in [0.4, 0.5) is 0 Å². The lowest BCUT2D eigenvalue weighted by atomic mass is 10.1. The van der Waals surface area contributed by atoms with Crippen LogP contribution in [0.1, 0.15) is 24.2 Å². The van der Waals surface area contributed by atoms with Crippen molar-refractivity contribution in [2.75, 3.05) is 0 Å². The Balaban J connectivity index is 2.22. The van der Waals surface area contributed by atoms with Crippen LogP contribution in [0.3, 0.4) is 0 Å². The lowest BCUT2D eigenvalue weighted by Gasteiger charge is -2.09. The largest absolute Gasteiger partial charge is 0.459 e. The van der Waals surface area contributed by atoms with Crippen LogP contribution < -0.4 is 0 Å². The summed E-state index contributed by atoms with van der Waals surface area (Å²) in [7, 11) is 0. The molecule has 3 nitrogen and oxygen atoms in total. The maximum absolute atomic E-state index is 12.5. The van der Waals surface area contributed by atoms with Crippen LogP contribution in [-0.4, -0.2) is 17.1 Å². The van der Waals surface area contributed by atoms with Gasteiger partial charge in [0.1, 0.15) is 0 Å². The Morgan fingerprint density at radius 3 is 2.38 bits per heavy atom. The smallest absolute Gasteiger partial charge is 0.341 e. The quantitative estimate of drug-likeness (QED) is 0.722. The van der Waals surface area contributed by atoms with Crippen molar-refractivity contribution in [1.29, 1.82) is 0 Å². The second-order valence-electron chi connectivity index (χ2n) is 5.24. The maximum atomic E-state index is 12.5.